The first-order chi connectivity index (χ1) is 10.7. The molecule has 4 nitrogen and oxygen atoms in total. The molecule has 1 fully saturated rings. The van der Waals surface area contributed by atoms with Gasteiger partial charge in [0.2, 0.25) is 0 Å². The number of nitrogens with zero attached hydrogens (tertiary/aromatic N) is 1. The van der Waals surface area contributed by atoms with Gasteiger partial charge in [-0.05, 0) is 48.3 Å². The van der Waals surface area contributed by atoms with Crippen molar-refractivity contribution in [2.75, 3.05) is 4.90 Å². The number of benzene rings is 1. The van der Waals surface area contributed by atoms with Gasteiger partial charge in [0, 0.05) is 5.02 Å². The van der Waals surface area contributed by atoms with Gasteiger partial charge in [-0.3, -0.25) is 19.8 Å². The van der Waals surface area contributed by atoms with Crippen LogP contribution in [0.3, 0.4) is 0 Å². The Kier molecular flexibility index (Phi) is 5.02. The maximum absolute atomic E-state index is 12.8. The van der Waals surface area contributed by atoms with Crippen molar-refractivity contribution in [3.63, 3.8) is 0 Å². The molecule has 0 aromatic heterocycles. The Morgan fingerprint density at radius 2 is 1.91 bits per heavy atom. The third-order valence-electron chi connectivity index (χ3n) is 3.39. The van der Waals surface area contributed by atoms with Crippen LogP contribution in [0.2, 0.25) is 5.02 Å². The molecule has 1 heterocycles. The van der Waals surface area contributed by atoms with Gasteiger partial charge in [0.05, 0.1) is 5.69 Å². The zero-order valence-corrected chi connectivity index (χ0v) is 14.5. The number of thiocarbonyl (C=S) groups is 1. The quantitative estimate of drug-likeness (QED) is 0.391. The lowest BCUT2D eigenvalue weighted by Gasteiger charge is -2.30. The molecule has 0 bridgehead atoms. The topological polar surface area (TPSA) is 49.4 Å². The first-order valence-electron chi connectivity index (χ1n) is 7.04. The minimum Gasteiger partial charge on any atom is -0.298 e. The fraction of sp³-hybridized carbons (Fsp3) is 0.235. The van der Waals surface area contributed by atoms with Crippen molar-refractivity contribution < 1.29 is 9.59 Å². The Hall–Kier alpha value is -1.98. The Labute approximate surface area is 145 Å². The molecule has 1 aromatic carbocycles. The number of nitrogens with one attached hydrogen (secondary N) is 1. The Morgan fingerprint density at radius 1 is 1.30 bits per heavy atom. The van der Waals surface area contributed by atoms with E-state index in [-0.39, 0.29) is 16.1 Å². The lowest BCUT2D eigenvalue weighted by Crippen LogP contribution is -2.54. The molecule has 1 aliphatic heterocycles. The van der Waals surface area contributed by atoms with Crippen molar-refractivity contribution in [1.82, 2.24) is 5.32 Å². The standard InChI is InChI=1S/C17H17ClN2O2S/c1-4-9-17(2,3)10-13-14(21)19-16(23)20(15(13)22)12-7-5-11(18)6-8-12/h4-8,10H,1,9H2,2-3H3,(H,19,21,23)/b13-10-. The smallest absolute Gasteiger partial charge is 0.269 e. The summed E-state index contributed by atoms with van der Waals surface area (Å²) in [5.41, 5.74) is 0.256. The van der Waals surface area contributed by atoms with Crippen LogP contribution in [0.4, 0.5) is 5.69 Å². The number of hydrogen-bond acceptors (Lipinski definition) is 3. The van der Waals surface area contributed by atoms with E-state index in [4.69, 9.17) is 23.8 Å². The fourth-order valence-electron chi connectivity index (χ4n) is 2.30. The van der Waals surface area contributed by atoms with Crippen molar-refractivity contribution in [3.05, 3.63) is 53.6 Å². The highest BCUT2D eigenvalue weighted by atomic mass is 35.5. The summed E-state index contributed by atoms with van der Waals surface area (Å²) < 4.78 is 0. The largest absolute Gasteiger partial charge is 0.298 e. The normalized spacial score (nSPS) is 17.4. The maximum atomic E-state index is 12.8. The van der Waals surface area contributed by atoms with E-state index < -0.39 is 11.8 Å². The van der Waals surface area contributed by atoms with E-state index in [0.29, 0.717) is 17.1 Å². The third kappa shape index (κ3) is 3.86. The Bertz CT molecular complexity index is 708. The summed E-state index contributed by atoms with van der Waals surface area (Å²) in [6, 6.07) is 6.68. The second-order valence-corrected chi connectivity index (χ2v) is 6.74. The van der Waals surface area contributed by atoms with E-state index in [1.165, 1.54) is 4.90 Å². The van der Waals surface area contributed by atoms with E-state index in [2.05, 4.69) is 11.9 Å². The van der Waals surface area contributed by atoms with E-state index in [1.807, 2.05) is 13.8 Å². The highest BCUT2D eigenvalue weighted by Crippen LogP contribution is 2.28. The van der Waals surface area contributed by atoms with E-state index in [1.54, 1.807) is 36.4 Å². The van der Waals surface area contributed by atoms with Crippen LogP contribution in [0.15, 0.2) is 48.6 Å². The third-order valence-corrected chi connectivity index (χ3v) is 3.93. The van der Waals surface area contributed by atoms with Gasteiger partial charge in [0.15, 0.2) is 5.11 Å². The molecule has 2 amide bonds. The van der Waals surface area contributed by atoms with E-state index in [9.17, 15) is 9.59 Å². The average molecular weight is 349 g/mol. The predicted octanol–water partition coefficient (Wildman–Crippen LogP) is 3.62. The van der Waals surface area contributed by atoms with Crippen LogP contribution in [0.1, 0.15) is 20.3 Å². The van der Waals surface area contributed by atoms with Gasteiger partial charge in [0.1, 0.15) is 5.57 Å². The number of allylic oxidation sites excluding steroid dienone is 2. The van der Waals surface area contributed by atoms with Crippen molar-refractivity contribution in [1.29, 1.82) is 0 Å². The van der Waals surface area contributed by atoms with Gasteiger partial charge >= 0.3 is 0 Å². The molecule has 0 unspecified atom stereocenters. The lowest BCUT2D eigenvalue weighted by molar-refractivity contribution is -0.122. The first kappa shape index (κ1) is 17.4. The van der Waals surface area contributed by atoms with Crippen LogP contribution in [-0.4, -0.2) is 16.9 Å². The molecule has 120 valence electrons. The highest BCUT2D eigenvalue weighted by Gasteiger charge is 2.35. The zero-order valence-electron chi connectivity index (χ0n) is 12.9. The molecule has 0 saturated carbocycles. The van der Waals surface area contributed by atoms with Crippen LogP contribution in [0.25, 0.3) is 0 Å². The average Bonchev–Trinajstić information content (AvgIpc) is 2.45. The van der Waals surface area contributed by atoms with Gasteiger partial charge in [-0.2, -0.15) is 0 Å². The van der Waals surface area contributed by atoms with E-state index >= 15 is 0 Å². The summed E-state index contributed by atoms with van der Waals surface area (Å²) in [4.78, 5) is 26.2. The monoisotopic (exact) mass is 348 g/mol. The van der Waals surface area contributed by atoms with Crippen LogP contribution < -0.4 is 10.2 Å². The SMILES string of the molecule is C=CCC(C)(C)/C=C1/C(=O)NC(=S)N(c2ccc(Cl)cc2)C1=O. The summed E-state index contributed by atoms with van der Waals surface area (Å²) in [6.45, 7) is 7.57. The summed E-state index contributed by atoms with van der Waals surface area (Å²) in [6.07, 6.45) is 4.06. The molecule has 1 N–H and O–H groups in total. The minimum atomic E-state index is -0.484. The van der Waals surface area contributed by atoms with Gasteiger partial charge in [0.25, 0.3) is 11.8 Å². The van der Waals surface area contributed by atoms with Crippen molar-refractivity contribution >= 4 is 46.4 Å². The summed E-state index contributed by atoms with van der Waals surface area (Å²) in [5, 5.41) is 3.17. The summed E-state index contributed by atoms with van der Waals surface area (Å²) in [5.74, 6) is -0.930. The predicted molar refractivity (Wildman–Crippen MR) is 96.4 cm³/mol. The first-order valence-corrected chi connectivity index (χ1v) is 7.83. The van der Waals surface area contributed by atoms with Gasteiger partial charge in [-0.1, -0.05) is 37.6 Å². The number of carbonyl (C=O) groups excluding carboxylic acids is 2. The second kappa shape index (κ2) is 6.64. The number of amides is 2. The molecule has 1 saturated heterocycles. The molecule has 0 atom stereocenters. The van der Waals surface area contributed by atoms with Crippen LogP contribution in [0, 0.1) is 5.41 Å². The summed E-state index contributed by atoms with van der Waals surface area (Å²) >= 11 is 11.0. The molecule has 0 spiro atoms. The van der Waals surface area contributed by atoms with Gasteiger partial charge < -0.3 is 0 Å². The molecule has 6 heteroatoms. The van der Waals surface area contributed by atoms with Gasteiger partial charge in [-0.15, -0.1) is 6.58 Å². The maximum Gasteiger partial charge on any atom is 0.269 e. The molecular formula is C17H17ClN2O2S. The van der Waals surface area contributed by atoms with Crippen LogP contribution >= 0.6 is 23.8 Å². The van der Waals surface area contributed by atoms with Crippen molar-refractivity contribution in [2.24, 2.45) is 5.41 Å². The molecule has 1 aliphatic rings. The molecule has 1 aromatic rings. The van der Waals surface area contributed by atoms with E-state index in [0.717, 1.165) is 0 Å². The second-order valence-electron chi connectivity index (χ2n) is 5.92. The van der Waals surface area contributed by atoms with Crippen molar-refractivity contribution in [3.8, 4) is 0 Å². The molecule has 0 aliphatic carbocycles. The lowest BCUT2D eigenvalue weighted by atomic mass is 9.86. The zero-order chi connectivity index (χ0) is 17.2. The van der Waals surface area contributed by atoms with Crippen LogP contribution in [-0.2, 0) is 9.59 Å². The Balaban J connectivity index is 2.43. The Morgan fingerprint density at radius 3 is 2.48 bits per heavy atom. The number of anilines is 1. The van der Waals surface area contributed by atoms with Crippen LogP contribution in [0.5, 0.6) is 0 Å². The molecule has 2 rings (SSSR count). The number of halogens is 1. The van der Waals surface area contributed by atoms with Crippen molar-refractivity contribution in [2.45, 2.75) is 20.3 Å². The fourth-order valence-corrected chi connectivity index (χ4v) is 2.71. The number of hydrogen-bond donors (Lipinski definition) is 1. The molecular weight excluding hydrogens is 332 g/mol. The molecule has 23 heavy (non-hydrogen) atoms. The number of carbonyl (C=O) groups is 2. The highest BCUT2D eigenvalue weighted by molar-refractivity contribution is 7.80. The summed E-state index contributed by atoms with van der Waals surface area (Å²) in [7, 11) is 0. The minimum absolute atomic E-state index is 0.0565. The number of rotatable bonds is 4. The van der Waals surface area contributed by atoms with Gasteiger partial charge in [-0.25, -0.2) is 0 Å². The molecule has 0 radical (unpaired) electrons.